The molecule has 96 valence electrons. The van der Waals surface area contributed by atoms with E-state index in [1.54, 1.807) is 0 Å². The summed E-state index contributed by atoms with van der Waals surface area (Å²) in [7, 11) is 0.477. The molecule has 0 radical (unpaired) electrons. The summed E-state index contributed by atoms with van der Waals surface area (Å²) in [6, 6.07) is 1.33. The lowest BCUT2D eigenvalue weighted by molar-refractivity contribution is 0.311. The Morgan fingerprint density at radius 3 is 2.50 bits per heavy atom. The number of hydrogen-bond acceptors (Lipinski definition) is 2. The molecule has 0 amide bonds. The number of rotatable bonds is 8. The Kier molecular flexibility index (Phi) is 6.62. The molecular weight excluding hydrogens is 214 g/mol. The molecule has 1 rings (SSSR count). The summed E-state index contributed by atoms with van der Waals surface area (Å²) in [5.74, 6) is 0. The molecule has 1 heterocycles. The lowest BCUT2D eigenvalue weighted by Crippen LogP contribution is -2.48. The molecule has 0 aliphatic carbocycles. The first-order valence-electron chi connectivity index (χ1n) is 7.03. The van der Waals surface area contributed by atoms with Gasteiger partial charge in [0.1, 0.15) is 0 Å². The highest BCUT2D eigenvalue weighted by Gasteiger charge is 2.39. The van der Waals surface area contributed by atoms with E-state index in [2.05, 4.69) is 18.0 Å². The monoisotopic (exact) mass is 243 g/mol. The summed E-state index contributed by atoms with van der Waals surface area (Å²) in [6.07, 6.45) is 9.74. The fraction of sp³-hybridized carbons (Fsp3) is 1.00. The Balaban J connectivity index is 2.08. The zero-order valence-electron chi connectivity index (χ0n) is 11.4. The lowest BCUT2D eigenvalue weighted by atomic mass is 10.1. The van der Waals surface area contributed by atoms with E-state index in [0.29, 0.717) is 0 Å². The SMILES string of the molecule is CCCCCCCCN1CCC[Si]1(C)OC. The third-order valence-corrected chi connectivity index (χ3v) is 7.90. The van der Waals surface area contributed by atoms with Gasteiger partial charge in [0.05, 0.1) is 0 Å². The van der Waals surface area contributed by atoms with Gasteiger partial charge in [-0.2, -0.15) is 0 Å². The molecule has 16 heavy (non-hydrogen) atoms. The van der Waals surface area contributed by atoms with Crippen LogP contribution in [-0.2, 0) is 4.43 Å². The Labute approximate surface area is 103 Å². The van der Waals surface area contributed by atoms with Crippen LogP contribution in [0.4, 0.5) is 0 Å². The predicted octanol–water partition coefficient (Wildman–Crippen LogP) is 3.77. The van der Waals surface area contributed by atoms with Crippen LogP contribution in [0, 0.1) is 0 Å². The zero-order chi connectivity index (χ0) is 11.9. The molecule has 1 saturated heterocycles. The molecule has 1 fully saturated rings. The number of hydrogen-bond donors (Lipinski definition) is 0. The van der Waals surface area contributed by atoms with E-state index >= 15 is 0 Å². The van der Waals surface area contributed by atoms with Crippen LogP contribution in [0.3, 0.4) is 0 Å². The van der Waals surface area contributed by atoms with Gasteiger partial charge in [-0.05, 0) is 38.5 Å². The van der Waals surface area contributed by atoms with E-state index in [9.17, 15) is 0 Å². The maximum Gasteiger partial charge on any atom is 0.267 e. The standard InChI is InChI=1S/C13H29NOSi/c1-4-5-6-7-8-9-11-14-12-10-13-16(14,3)15-2/h4-13H2,1-3H3. The van der Waals surface area contributed by atoms with Crippen molar-refractivity contribution in [2.45, 2.75) is 64.5 Å². The minimum atomic E-state index is -1.43. The molecule has 0 aromatic heterocycles. The second kappa shape index (κ2) is 7.46. The van der Waals surface area contributed by atoms with E-state index in [0.717, 1.165) is 0 Å². The second-order valence-corrected chi connectivity index (χ2v) is 9.13. The Morgan fingerprint density at radius 2 is 1.81 bits per heavy atom. The molecule has 0 aromatic carbocycles. The van der Waals surface area contributed by atoms with Crippen molar-refractivity contribution in [3.63, 3.8) is 0 Å². The summed E-state index contributed by atoms with van der Waals surface area (Å²) in [4.78, 5) is 0. The quantitative estimate of drug-likeness (QED) is 0.475. The van der Waals surface area contributed by atoms with Crippen LogP contribution in [0.2, 0.25) is 12.6 Å². The molecule has 1 aliphatic rings. The largest absolute Gasteiger partial charge is 0.406 e. The van der Waals surface area contributed by atoms with Crippen molar-refractivity contribution < 1.29 is 4.43 Å². The smallest absolute Gasteiger partial charge is 0.267 e. The normalized spacial score (nSPS) is 26.4. The van der Waals surface area contributed by atoms with Crippen molar-refractivity contribution in [2.24, 2.45) is 0 Å². The van der Waals surface area contributed by atoms with Crippen LogP contribution >= 0.6 is 0 Å². The topological polar surface area (TPSA) is 12.5 Å². The van der Waals surface area contributed by atoms with Gasteiger partial charge in [-0.15, -0.1) is 0 Å². The van der Waals surface area contributed by atoms with Crippen LogP contribution in [-0.4, -0.2) is 33.2 Å². The van der Waals surface area contributed by atoms with Crippen molar-refractivity contribution in [3.8, 4) is 0 Å². The van der Waals surface area contributed by atoms with Gasteiger partial charge in [0.2, 0.25) is 0 Å². The molecule has 0 aromatic rings. The minimum Gasteiger partial charge on any atom is -0.406 e. The number of nitrogens with zero attached hydrogens (tertiary/aromatic N) is 1. The summed E-state index contributed by atoms with van der Waals surface area (Å²) in [6.45, 7) is 7.21. The van der Waals surface area contributed by atoms with Crippen molar-refractivity contribution in [2.75, 3.05) is 20.2 Å². The van der Waals surface area contributed by atoms with Gasteiger partial charge in [-0.1, -0.05) is 39.0 Å². The van der Waals surface area contributed by atoms with Crippen LogP contribution in [0.15, 0.2) is 0 Å². The molecule has 1 aliphatic heterocycles. The highest BCUT2D eigenvalue weighted by atomic mass is 28.4. The highest BCUT2D eigenvalue weighted by molar-refractivity contribution is 6.70. The first kappa shape index (κ1) is 14.2. The zero-order valence-corrected chi connectivity index (χ0v) is 12.4. The molecule has 0 saturated carbocycles. The lowest BCUT2D eigenvalue weighted by Gasteiger charge is -2.31. The fourth-order valence-electron chi connectivity index (χ4n) is 2.66. The molecule has 0 N–H and O–H groups in total. The molecule has 1 unspecified atom stereocenters. The van der Waals surface area contributed by atoms with Gasteiger partial charge in [0.25, 0.3) is 8.48 Å². The van der Waals surface area contributed by atoms with Gasteiger partial charge in [-0.3, -0.25) is 0 Å². The van der Waals surface area contributed by atoms with Crippen molar-refractivity contribution in [3.05, 3.63) is 0 Å². The molecule has 1 atom stereocenters. The Morgan fingerprint density at radius 1 is 1.12 bits per heavy atom. The van der Waals surface area contributed by atoms with Crippen molar-refractivity contribution >= 4 is 8.48 Å². The third-order valence-electron chi connectivity index (χ3n) is 3.96. The van der Waals surface area contributed by atoms with Gasteiger partial charge < -0.3 is 8.99 Å². The summed E-state index contributed by atoms with van der Waals surface area (Å²) in [5, 5.41) is 0. The van der Waals surface area contributed by atoms with Crippen LogP contribution in [0.1, 0.15) is 51.9 Å². The summed E-state index contributed by atoms with van der Waals surface area (Å²) >= 11 is 0. The molecule has 0 bridgehead atoms. The Hall–Kier alpha value is 0.137. The van der Waals surface area contributed by atoms with Crippen molar-refractivity contribution in [1.82, 2.24) is 4.57 Å². The van der Waals surface area contributed by atoms with Crippen LogP contribution in [0.25, 0.3) is 0 Å². The van der Waals surface area contributed by atoms with E-state index < -0.39 is 8.48 Å². The summed E-state index contributed by atoms with van der Waals surface area (Å²) < 4.78 is 8.43. The highest BCUT2D eigenvalue weighted by Crippen LogP contribution is 2.26. The maximum absolute atomic E-state index is 5.77. The van der Waals surface area contributed by atoms with Gasteiger partial charge >= 0.3 is 0 Å². The van der Waals surface area contributed by atoms with Crippen LogP contribution < -0.4 is 0 Å². The van der Waals surface area contributed by atoms with E-state index in [1.807, 2.05) is 7.11 Å². The van der Waals surface area contributed by atoms with Gasteiger partial charge in [0, 0.05) is 7.11 Å². The minimum absolute atomic E-state index is 1.28. The van der Waals surface area contributed by atoms with E-state index in [4.69, 9.17) is 4.43 Å². The van der Waals surface area contributed by atoms with Gasteiger partial charge in [-0.25, -0.2) is 0 Å². The fourth-order valence-corrected chi connectivity index (χ4v) is 5.51. The van der Waals surface area contributed by atoms with E-state index in [-0.39, 0.29) is 0 Å². The first-order chi connectivity index (χ1) is 7.73. The Bertz CT molecular complexity index is 189. The average Bonchev–Trinajstić information content (AvgIpc) is 2.66. The maximum atomic E-state index is 5.77. The molecular formula is C13H29NOSi. The number of unbranched alkanes of at least 4 members (excludes halogenated alkanes) is 5. The molecule has 0 spiro atoms. The predicted molar refractivity (Wildman–Crippen MR) is 73.0 cm³/mol. The molecule has 3 heteroatoms. The average molecular weight is 243 g/mol. The third kappa shape index (κ3) is 4.19. The van der Waals surface area contributed by atoms with Gasteiger partial charge in [0.15, 0.2) is 0 Å². The van der Waals surface area contributed by atoms with Crippen LogP contribution in [0.5, 0.6) is 0 Å². The van der Waals surface area contributed by atoms with E-state index in [1.165, 1.54) is 64.1 Å². The van der Waals surface area contributed by atoms with Crippen molar-refractivity contribution in [1.29, 1.82) is 0 Å². The first-order valence-corrected chi connectivity index (χ1v) is 9.59. The second-order valence-electron chi connectivity index (χ2n) is 5.24. The molecule has 2 nitrogen and oxygen atoms in total. The summed E-state index contributed by atoms with van der Waals surface area (Å²) in [5.41, 5.74) is 0.